The molecule has 3 aromatic carbocycles. The lowest BCUT2D eigenvalue weighted by atomic mass is 9.57. The van der Waals surface area contributed by atoms with Gasteiger partial charge < -0.3 is 0 Å². The summed E-state index contributed by atoms with van der Waals surface area (Å²) in [6, 6.07) is 33.2. The van der Waals surface area contributed by atoms with E-state index in [1.54, 1.807) is 5.92 Å². The van der Waals surface area contributed by atoms with Gasteiger partial charge in [0.25, 0.3) is 0 Å². The summed E-state index contributed by atoms with van der Waals surface area (Å²) >= 11 is 0. The summed E-state index contributed by atoms with van der Waals surface area (Å²) in [5, 5.41) is 0. The van der Waals surface area contributed by atoms with E-state index in [4.69, 9.17) is 0 Å². The van der Waals surface area contributed by atoms with E-state index in [9.17, 15) is 0 Å². The Morgan fingerprint density at radius 3 is 1.58 bits per heavy atom. The maximum Gasteiger partial charge on any atom is 0.0308 e. The first-order chi connectivity index (χ1) is 11.9. The molecular weight excluding hydrogens is 288 g/mol. The third-order valence-electron chi connectivity index (χ3n) is 5.40. The van der Waals surface area contributed by atoms with Gasteiger partial charge in [-0.15, -0.1) is 0 Å². The summed E-state index contributed by atoms with van der Waals surface area (Å²) in [6.07, 6.45) is 4.92. The van der Waals surface area contributed by atoms with Crippen LogP contribution in [-0.2, 0) is 5.41 Å². The minimum atomic E-state index is 0.00211. The molecule has 0 amide bonds. The lowest BCUT2D eigenvalue weighted by molar-refractivity contribution is 0.395. The Balaban J connectivity index is 1.94. The first-order valence-corrected chi connectivity index (χ1v) is 8.94. The Morgan fingerprint density at radius 2 is 1.04 bits per heavy atom. The maximum absolute atomic E-state index is 2.31. The summed E-state index contributed by atoms with van der Waals surface area (Å²) in [4.78, 5) is 0. The van der Waals surface area contributed by atoms with Crippen molar-refractivity contribution < 1.29 is 0 Å². The van der Waals surface area contributed by atoms with Crippen LogP contribution >= 0.6 is 0 Å². The van der Waals surface area contributed by atoms with Crippen LogP contribution in [-0.4, -0.2) is 0 Å². The van der Waals surface area contributed by atoms with Crippen molar-refractivity contribution in [3.05, 3.63) is 114 Å². The molecule has 0 heterocycles. The van der Waals surface area contributed by atoms with Crippen molar-refractivity contribution in [1.82, 2.24) is 0 Å². The first kappa shape index (κ1) is 15.2. The van der Waals surface area contributed by atoms with E-state index in [-0.39, 0.29) is 5.41 Å². The Bertz CT molecular complexity index is 719. The van der Waals surface area contributed by atoms with Gasteiger partial charge in [-0.2, -0.15) is 0 Å². The van der Waals surface area contributed by atoms with Gasteiger partial charge in [0, 0.05) is 11.3 Å². The van der Waals surface area contributed by atoms with E-state index in [1.165, 1.54) is 42.4 Å². The van der Waals surface area contributed by atoms with Crippen molar-refractivity contribution in [3.63, 3.8) is 0 Å². The highest BCUT2D eigenvalue weighted by Crippen LogP contribution is 2.52. The van der Waals surface area contributed by atoms with Gasteiger partial charge in [-0.3, -0.25) is 0 Å². The predicted molar refractivity (Wildman–Crippen MR) is 101 cm³/mol. The van der Waals surface area contributed by atoms with E-state index in [2.05, 4.69) is 91.0 Å². The Labute approximate surface area is 145 Å². The zero-order valence-corrected chi connectivity index (χ0v) is 14.0. The van der Waals surface area contributed by atoms with E-state index >= 15 is 0 Å². The molecule has 0 aromatic heterocycles. The molecule has 0 atom stereocenters. The maximum atomic E-state index is 2.31. The zero-order valence-electron chi connectivity index (χ0n) is 14.0. The number of rotatable bonds is 3. The van der Waals surface area contributed by atoms with Crippen LogP contribution in [0.15, 0.2) is 91.0 Å². The molecule has 3 aromatic rings. The Kier molecular flexibility index (Phi) is 4.21. The molecule has 1 saturated carbocycles. The predicted octanol–water partition coefficient (Wildman–Crippen LogP) is 6.17. The third kappa shape index (κ3) is 2.57. The number of hydrogen-bond donors (Lipinski definition) is 0. The lowest BCUT2D eigenvalue weighted by Gasteiger charge is -2.45. The van der Waals surface area contributed by atoms with E-state index < -0.39 is 0 Å². The SMILES string of the molecule is c1ccc([C]2CCCCC2(c2ccccc2)c2ccccc2)cc1. The molecule has 0 bridgehead atoms. The Hall–Kier alpha value is -2.34. The fraction of sp³-hybridized carbons (Fsp3) is 0.208. The van der Waals surface area contributed by atoms with Gasteiger partial charge in [0.2, 0.25) is 0 Å². The highest BCUT2D eigenvalue weighted by molar-refractivity contribution is 5.53. The summed E-state index contributed by atoms with van der Waals surface area (Å²) < 4.78 is 0. The molecule has 119 valence electrons. The molecule has 0 nitrogen and oxygen atoms in total. The number of benzene rings is 3. The topological polar surface area (TPSA) is 0 Å². The van der Waals surface area contributed by atoms with Crippen LogP contribution < -0.4 is 0 Å². The van der Waals surface area contributed by atoms with Crippen molar-refractivity contribution in [1.29, 1.82) is 0 Å². The molecule has 24 heavy (non-hydrogen) atoms. The van der Waals surface area contributed by atoms with Crippen molar-refractivity contribution in [3.8, 4) is 0 Å². The van der Waals surface area contributed by atoms with Gasteiger partial charge >= 0.3 is 0 Å². The normalized spacial score (nSPS) is 17.5. The fourth-order valence-electron chi connectivity index (χ4n) is 4.34. The molecule has 0 saturated heterocycles. The van der Waals surface area contributed by atoms with Crippen LogP contribution in [0.5, 0.6) is 0 Å². The summed E-state index contributed by atoms with van der Waals surface area (Å²) in [7, 11) is 0. The highest BCUT2D eigenvalue weighted by atomic mass is 14.5. The molecule has 0 spiro atoms. The smallest absolute Gasteiger partial charge is 0.0308 e. The van der Waals surface area contributed by atoms with Gasteiger partial charge in [-0.1, -0.05) is 104 Å². The summed E-state index contributed by atoms with van der Waals surface area (Å²) in [5.41, 5.74) is 4.25. The first-order valence-electron chi connectivity index (χ1n) is 8.94. The molecule has 1 aliphatic carbocycles. The van der Waals surface area contributed by atoms with Gasteiger partial charge in [-0.05, 0) is 29.5 Å². The molecule has 0 heteroatoms. The van der Waals surface area contributed by atoms with Crippen molar-refractivity contribution in [2.24, 2.45) is 0 Å². The minimum Gasteiger partial charge on any atom is -0.0622 e. The number of hydrogen-bond acceptors (Lipinski definition) is 0. The van der Waals surface area contributed by atoms with Gasteiger partial charge in [0.15, 0.2) is 0 Å². The van der Waals surface area contributed by atoms with Crippen LogP contribution in [0.1, 0.15) is 42.4 Å². The molecule has 4 rings (SSSR count). The quantitative estimate of drug-likeness (QED) is 0.542. The molecule has 0 unspecified atom stereocenters. The van der Waals surface area contributed by atoms with Crippen LogP contribution in [0.25, 0.3) is 0 Å². The van der Waals surface area contributed by atoms with Crippen molar-refractivity contribution in [2.45, 2.75) is 31.1 Å². The Morgan fingerprint density at radius 1 is 0.542 bits per heavy atom. The fourth-order valence-corrected chi connectivity index (χ4v) is 4.34. The second-order valence-corrected chi connectivity index (χ2v) is 6.69. The average molecular weight is 311 g/mol. The molecule has 1 fully saturated rings. The molecular formula is C24H23. The summed E-state index contributed by atoms with van der Waals surface area (Å²) in [6.45, 7) is 0. The largest absolute Gasteiger partial charge is 0.0622 e. The molecule has 0 aliphatic heterocycles. The second kappa shape index (κ2) is 6.65. The van der Waals surface area contributed by atoms with Crippen LogP contribution in [0.3, 0.4) is 0 Å². The molecule has 1 aliphatic rings. The molecule has 0 N–H and O–H groups in total. The second-order valence-electron chi connectivity index (χ2n) is 6.69. The van der Waals surface area contributed by atoms with Crippen LogP contribution in [0, 0.1) is 5.92 Å². The van der Waals surface area contributed by atoms with Crippen LogP contribution in [0.2, 0.25) is 0 Å². The van der Waals surface area contributed by atoms with E-state index in [0.717, 1.165) is 0 Å². The molecule has 1 radical (unpaired) electrons. The van der Waals surface area contributed by atoms with Gasteiger partial charge in [0.05, 0.1) is 0 Å². The van der Waals surface area contributed by atoms with Gasteiger partial charge in [0.1, 0.15) is 0 Å². The standard InChI is InChI=1S/C24H23/c1-4-12-20(13-5-1)23-18-10-11-19-24(23,21-14-6-2-7-15-21)22-16-8-3-9-17-22/h1-9,12-17H,10-11,18-19H2. The van der Waals surface area contributed by atoms with E-state index in [1.807, 2.05) is 0 Å². The zero-order chi connectivity index (χ0) is 16.2. The minimum absolute atomic E-state index is 0.00211. The third-order valence-corrected chi connectivity index (χ3v) is 5.40. The lowest BCUT2D eigenvalue weighted by Crippen LogP contribution is -2.38. The van der Waals surface area contributed by atoms with E-state index in [0.29, 0.717) is 0 Å². The monoisotopic (exact) mass is 311 g/mol. The average Bonchev–Trinajstić information content (AvgIpc) is 2.70. The van der Waals surface area contributed by atoms with Gasteiger partial charge in [-0.25, -0.2) is 0 Å². The summed E-state index contributed by atoms with van der Waals surface area (Å²) in [5.74, 6) is 1.58. The van der Waals surface area contributed by atoms with Crippen molar-refractivity contribution in [2.75, 3.05) is 0 Å². The van der Waals surface area contributed by atoms with Crippen molar-refractivity contribution >= 4 is 0 Å². The highest BCUT2D eigenvalue weighted by Gasteiger charge is 2.44. The van der Waals surface area contributed by atoms with Crippen LogP contribution in [0.4, 0.5) is 0 Å².